The zero-order valence-corrected chi connectivity index (χ0v) is 13.9. The van der Waals surface area contributed by atoms with Gasteiger partial charge in [0.15, 0.2) is 0 Å². The van der Waals surface area contributed by atoms with Gasteiger partial charge in [0.1, 0.15) is 0 Å². The van der Waals surface area contributed by atoms with Crippen molar-refractivity contribution >= 4 is 34.0 Å². The van der Waals surface area contributed by atoms with E-state index in [0.29, 0.717) is 27.2 Å². The summed E-state index contributed by atoms with van der Waals surface area (Å²) in [5.41, 5.74) is 1.15. The van der Waals surface area contributed by atoms with E-state index >= 15 is 0 Å². The fraction of sp³-hybridized carbons (Fsp3) is 0.267. The van der Waals surface area contributed by atoms with Crippen molar-refractivity contribution in [2.24, 2.45) is 0 Å². The first-order chi connectivity index (χ1) is 10.1. The third-order valence-corrected chi connectivity index (χ3v) is 5.16. The molecular weight excluding hydrogens is 327 g/mol. The van der Waals surface area contributed by atoms with Crippen LogP contribution in [0.25, 0.3) is 0 Å². The molecule has 2 atom stereocenters. The molecule has 2 rings (SSSR count). The highest BCUT2D eigenvalue weighted by atomic mass is 35.5. The zero-order chi connectivity index (χ0) is 15.2. The maximum absolute atomic E-state index is 12.3. The molecule has 0 spiro atoms. The van der Waals surface area contributed by atoms with Crippen LogP contribution in [0, 0.1) is 0 Å². The SMILES string of the molecule is C[C@@H](NCC[S@@](=O)c1cc(Cl)ccc1Cl)c1ccncc1. The van der Waals surface area contributed by atoms with Crippen molar-refractivity contribution in [1.29, 1.82) is 0 Å². The predicted molar refractivity (Wildman–Crippen MR) is 88.4 cm³/mol. The number of aromatic nitrogens is 1. The fourth-order valence-electron chi connectivity index (χ4n) is 1.90. The molecule has 112 valence electrons. The van der Waals surface area contributed by atoms with E-state index in [4.69, 9.17) is 23.2 Å². The average Bonchev–Trinajstić information content (AvgIpc) is 2.50. The van der Waals surface area contributed by atoms with E-state index in [9.17, 15) is 4.21 Å². The number of halogens is 2. The van der Waals surface area contributed by atoms with Crippen LogP contribution in [0.4, 0.5) is 0 Å². The van der Waals surface area contributed by atoms with E-state index in [1.165, 1.54) is 0 Å². The highest BCUT2D eigenvalue weighted by Gasteiger charge is 2.10. The Labute approximate surface area is 137 Å². The van der Waals surface area contributed by atoms with Gasteiger partial charge in [0.05, 0.1) is 20.7 Å². The second-order valence-electron chi connectivity index (χ2n) is 4.58. The van der Waals surface area contributed by atoms with E-state index in [1.54, 1.807) is 30.6 Å². The smallest absolute Gasteiger partial charge is 0.0589 e. The molecule has 1 N–H and O–H groups in total. The summed E-state index contributed by atoms with van der Waals surface area (Å²) in [6.07, 6.45) is 3.52. The second-order valence-corrected chi connectivity index (χ2v) is 6.96. The molecule has 1 aromatic heterocycles. The van der Waals surface area contributed by atoms with Crippen LogP contribution in [0.1, 0.15) is 18.5 Å². The van der Waals surface area contributed by atoms with E-state index < -0.39 is 10.8 Å². The number of nitrogens with one attached hydrogen (secondary N) is 1. The normalized spacial score (nSPS) is 13.9. The Bertz CT molecular complexity index is 622. The standard InChI is InChI=1S/C15H16Cl2N2OS/c1-11(12-4-6-18-7-5-12)19-8-9-21(20)15-10-13(16)2-3-14(15)17/h2-7,10-11,19H,8-9H2,1H3/t11-,21-/m1/s1. The number of rotatable bonds is 6. The summed E-state index contributed by atoms with van der Waals surface area (Å²) < 4.78 is 12.3. The molecule has 6 heteroatoms. The molecule has 0 saturated carbocycles. The van der Waals surface area contributed by atoms with E-state index in [1.807, 2.05) is 12.1 Å². The van der Waals surface area contributed by atoms with E-state index in [2.05, 4.69) is 17.2 Å². The van der Waals surface area contributed by atoms with Gasteiger partial charge in [-0.05, 0) is 42.8 Å². The third-order valence-electron chi connectivity index (χ3n) is 3.08. The molecule has 0 bridgehead atoms. The van der Waals surface area contributed by atoms with Crippen LogP contribution in [0.3, 0.4) is 0 Å². The van der Waals surface area contributed by atoms with Crippen LogP contribution in [-0.4, -0.2) is 21.5 Å². The molecular formula is C15H16Cl2N2OS. The summed E-state index contributed by atoms with van der Waals surface area (Å²) in [6, 6.07) is 9.12. The Hall–Kier alpha value is -0.940. The number of benzene rings is 1. The Balaban J connectivity index is 1.88. The van der Waals surface area contributed by atoms with Crippen molar-refractivity contribution < 1.29 is 4.21 Å². The Morgan fingerprint density at radius 3 is 2.67 bits per heavy atom. The van der Waals surface area contributed by atoms with Gasteiger partial charge >= 0.3 is 0 Å². The van der Waals surface area contributed by atoms with E-state index in [-0.39, 0.29) is 6.04 Å². The molecule has 0 radical (unpaired) electrons. The number of pyridine rings is 1. The topological polar surface area (TPSA) is 42.0 Å². The van der Waals surface area contributed by atoms with Gasteiger partial charge in [0.25, 0.3) is 0 Å². The van der Waals surface area contributed by atoms with E-state index in [0.717, 1.165) is 5.56 Å². The lowest BCUT2D eigenvalue weighted by Gasteiger charge is -2.14. The number of hydrogen-bond donors (Lipinski definition) is 1. The van der Waals surface area contributed by atoms with Gasteiger partial charge in [-0.25, -0.2) is 0 Å². The molecule has 1 heterocycles. The fourth-order valence-corrected chi connectivity index (χ4v) is 3.58. The molecule has 0 aliphatic rings. The predicted octanol–water partition coefficient (Wildman–Crippen LogP) is 3.85. The van der Waals surface area contributed by atoms with Crippen molar-refractivity contribution in [3.8, 4) is 0 Å². The Morgan fingerprint density at radius 1 is 1.24 bits per heavy atom. The van der Waals surface area contributed by atoms with Gasteiger partial charge in [-0.2, -0.15) is 0 Å². The molecule has 0 fully saturated rings. The molecule has 0 aliphatic carbocycles. The maximum Gasteiger partial charge on any atom is 0.0589 e. The van der Waals surface area contributed by atoms with Gasteiger partial charge in [0, 0.05) is 35.8 Å². The van der Waals surface area contributed by atoms with Gasteiger partial charge in [-0.3, -0.25) is 9.19 Å². The molecule has 0 saturated heterocycles. The minimum atomic E-state index is -1.17. The lowest BCUT2D eigenvalue weighted by atomic mass is 10.1. The third kappa shape index (κ3) is 4.78. The number of nitrogens with zero attached hydrogens (tertiary/aromatic N) is 1. The molecule has 0 amide bonds. The quantitative estimate of drug-likeness (QED) is 0.866. The molecule has 1 aromatic carbocycles. The highest BCUT2D eigenvalue weighted by molar-refractivity contribution is 7.85. The first-order valence-corrected chi connectivity index (χ1v) is 8.62. The van der Waals surface area contributed by atoms with Gasteiger partial charge in [-0.15, -0.1) is 0 Å². The summed E-state index contributed by atoms with van der Waals surface area (Å²) >= 11 is 12.0. The molecule has 2 aromatic rings. The van der Waals surface area contributed by atoms with Crippen LogP contribution in [0.2, 0.25) is 10.0 Å². The van der Waals surface area contributed by atoms with Crippen LogP contribution in [0.15, 0.2) is 47.6 Å². The van der Waals surface area contributed by atoms with Gasteiger partial charge in [0.2, 0.25) is 0 Å². The molecule has 0 aliphatic heterocycles. The summed E-state index contributed by atoms with van der Waals surface area (Å²) in [6.45, 7) is 2.68. The monoisotopic (exact) mass is 342 g/mol. The van der Waals surface area contributed by atoms with Crippen molar-refractivity contribution in [2.75, 3.05) is 12.3 Å². The summed E-state index contributed by atoms with van der Waals surface area (Å²) in [5.74, 6) is 0.482. The molecule has 3 nitrogen and oxygen atoms in total. The average molecular weight is 343 g/mol. The summed E-state index contributed by atoms with van der Waals surface area (Å²) in [4.78, 5) is 4.58. The first kappa shape index (κ1) is 16.4. The van der Waals surface area contributed by atoms with Crippen molar-refractivity contribution in [3.63, 3.8) is 0 Å². The second kappa shape index (κ2) is 7.90. The van der Waals surface area contributed by atoms with Crippen LogP contribution >= 0.6 is 23.2 Å². The summed E-state index contributed by atoms with van der Waals surface area (Å²) in [7, 11) is -1.17. The maximum atomic E-state index is 12.3. The van der Waals surface area contributed by atoms with Crippen LogP contribution in [-0.2, 0) is 10.8 Å². The van der Waals surface area contributed by atoms with Crippen molar-refractivity contribution in [3.05, 3.63) is 58.3 Å². The lowest BCUT2D eigenvalue weighted by molar-refractivity contribution is 0.596. The first-order valence-electron chi connectivity index (χ1n) is 6.54. The largest absolute Gasteiger partial charge is 0.309 e. The van der Waals surface area contributed by atoms with Crippen LogP contribution < -0.4 is 5.32 Å². The van der Waals surface area contributed by atoms with Crippen molar-refractivity contribution in [1.82, 2.24) is 10.3 Å². The van der Waals surface area contributed by atoms with Crippen LogP contribution in [0.5, 0.6) is 0 Å². The van der Waals surface area contributed by atoms with Gasteiger partial charge in [-0.1, -0.05) is 23.2 Å². The zero-order valence-electron chi connectivity index (χ0n) is 11.6. The minimum absolute atomic E-state index is 0.180. The van der Waals surface area contributed by atoms with Crippen molar-refractivity contribution in [2.45, 2.75) is 17.9 Å². The molecule has 0 unspecified atom stereocenters. The van der Waals surface area contributed by atoms with Gasteiger partial charge < -0.3 is 5.32 Å². The number of hydrogen-bond acceptors (Lipinski definition) is 3. The Kier molecular flexibility index (Phi) is 6.18. The lowest BCUT2D eigenvalue weighted by Crippen LogP contribution is -2.24. The molecule has 21 heavy (non-hydrogen) atoms. The minimum Gasteiger partial charge on any atom is -0.309 e. The highest BCUT2D eigenvalue weighted by Crippen LogP contribution is 2.23. The summed E-state index contributed by atoms with van der Waals surface area (Å²) in [5, 5.41) is 4.37. The Morgan fingerprint density at radius 2 is 1.95 bits per heavy atom.